The van der Waals surface area contributed by atoms with Crippen LogP contribution in [0.15, 0.2) is 47.1 Å². The molecule has 19 heavy (non-hydrogen) atoms. The minimum absolute atomic E-state index is 0.700. The number of fused-ring (bicyclic) bond motifs is 1. The van der Waals surface area contributed by atoms with Gasteiger partial charge in [-0.2, -0.15) is 5.10 Å². The van der Waals surface area contributed by atoms with Gasteiger partial charge in [-0.25, -0.2) is 9.50 Å². The van der Waals surface area contributed by atoms with Crippen LogP contribution in [0.1, 0.15) is 11.4 Å². The van der Waals surface area contributed by atoms with Gasteiger partial charge in [-0.1, -0.05) is 34.1 Å². The number of halogens is 1. The lowest BCUT2D eigenvalue weighted by Crippen LogP contribution is -1.93. The molecule has 0 radical (unpaired) electrons. The minimum atomic E-state index is 0.700. The lowest BCUT2D eigenvalue weighted by atomic mass is 10.1. The van der Waals surface area contributed by atoms with Gasteiger partial charge in [0.1, 0.15) is 5.75 Å². The summed E-state index contributed by atoms with van der Waals surface area (Å²) < 4.78 is 8.01. The Kier molecular flexibility index (Phi) is 3.21. The van der Waals surface area contributed by atoms with Crippen molar-refractivity contribution in [2.24, 2.45) is 0 Å². The Balaban J connectivity index is 1.95. The van der Waals surface area contributed by atoms with Crippen LogP contribution in [0.25, 0.3) is 5.65 Å². The van der Waals surface area contributed by atoms with Crippen molar-refractivity contribution in [2.45, 2.75) is 6.42 Å². The summed E-state index contributed by atoms with van der Waals surface area (Å²) in [5, 5.41) is 4.45. The first kappa shape index (κ1) is 12.2. The molecule has 0 N–H and O–H groups in total. The van der Waals surface area contributed by atoms with Crippen LogP contribution in [0.3, 0.4) is 0 Å². The molecule has 1 aromatic carbocycles. The van der Waals surface area contributed by atoms with E-state index in [1.165, 1.54) is 5.56 Å². The Morgan fingerprint density at radius 2 is 2.11 bits per heavy atom. The van der Waals surface area contributed by atoms with Gasteiger partial charge in [0.2, 0.25) is 0 Å². The lowest BCUT2D eigenvalue weighted by molar-refractivity contribution is 0.414. The van der Waals surface area contributed by atoms with Gasteiger partial charge in [-0.05, 0) is 17.7 Å². The number of aromatic nitrogens is 3. The maximum Gasteiger partial charge on any atom is 0.159 e. The van der Waals surface area contributed by atoms with Crippen molar-refractivity contribution in [1.82, 2.24) is 14.6 Å². The van der Waals surface area contributed by atoms with E-state index in [4.69, 9.17) is 4.74 Å². The van der Waals surface area contributed by atoms with Crippen molar-refractivity contribution in [3.63, 3.8) is 0 Å². The van der Waals surface area contributed by atoms with Crippen molar-refractivity contribution in [1.29, 1.82) is 0 Å². The smallest absolute Gasteiger partial charge is 0.159 e. The first-order valence-corrected chi connectivity index (χ1v) is 6.68. The molecule has 4 nitrogen and oxygen atoms in total. The van der Waals surface area contributed by atoms with Crippen LogP contribution in [-0.2, 0) is 6.42 Å². The molecule has 0 saturated carbocycles. The topological polar surface area (TPSA) is 39.4 Å². The van der Waals surface area contributed by atoms with E-state index in [1.54, 1.807) is 11.6 Å². The van der Waals surface area contributed by atoms with E-state index >= 15 is 0 Å². The van der Waals surface area contributed by atoms with E-state index in [1.807, 2.05) is 36.5 Å². The third kappa shape index (κ3) is 2.46. The Morgan fingerprint density at radius 1 is 1.26 bits per heavy atom. The maximum absolute atomic E-state index is 5.18. The highest BCUT2D eigenvalue weighted by molar-refractivity contribution is 9.10. The van der Waals surface area contributed by atoms with Gasteiger partial charge in [-0.15, -0.1) is 0 Å². The summed E-state index contributed by atoms with van der Waals surface area (Å²) in [4.78, 5) is 4.51. The van der Waals surface area contributed by atoms with E-state index < -0.39 is 0 Å². The van der Waals surface area contributed by atoms with Crippen molar-refractivity contribution in [3.05, 3.63) is 58.5 Å². The molecule has 96 valence electrons. The zero-order chi connectivity index (χ0) is 13.2. The highest BCUT2D eigenvalue weighted by atomic mass is 79.9. The number of rotatable bonds is 3. The standard InChI is InChI=1S/C14H12BrN3O/c1-19-11-6-7-18-14(9-11)16-13(17-18)8-10-4-2-3-5-12(10)15/h2-7,9H,8H2,1H3. The molecule has 0 saturated heterocycles. The normalized spacial score (nSPS) is 10.8. The summed E-state index contributed by atoms with van der Waals surface area (Å²) >= 11 is 3.54. The summed E-state index contributed by atoms with van der Waals surface area (Å²) in [6, 6.07) is 11.8. The summed E-state index contributed by atoms with van der Waals surface area (Å²) in [6.45, 7) is 0. The van der Waals surface area contributed by atoms with Crippen molar-refractivity contribution in [2.75, 3.05) is 7.11 Å². The van der Waals surface area contributed by atoms with Crippen LogP contribution in [0.5, 0.6) is 5.75 Å². The zero-order valence-corrected chi connectivity index (χ0v) is 12.0. The Morgan fingerprint density at radius 3 is 2.89 bits per heavy atom. The number of ether oxygens (including phenoxy) is 1. The number of hydrogen-bond acceptors (Lipinski definition) is 3. The summed E-state index contributed by atoms with van der Waals surface area (Å²) in [6.07, 6.45) is 2.55. The fraction of sp³-hybridized carbons (Fsp3) is 0.143. The third-order valence-electron chi connectivity index (χ3n) is 2.89. The molecular formula is C14H12BrN3O. The largest absolute Gasteiger partial charge is 0.497 e. The van der Waals surface area contributed by atoms with Crippen LogP contribution in [-0.4, -0.2) is 21.7 Å². The average molecular weight is 318 g/mol. The molecular weight excluding hydrogens is 306 g/mol. The first-order chi connectivity index (χ1) is 9.26. The molecule has 0 fully saturated rings. The molecule has 0 atom stereocenters. The van der Waals surface area contributed by atoms with Crippen molar-refractivity contribution < 1.29 is 4.74 Å². The number of pyridine rings is 1. The van der Waals surface area contributed by atoms with Gasteiger partial charge >= 0.3 is 0 Å². The van der Waals surface area contributed by atoms with Crippen LogP contribution in [0.4, 0.5) is 0 Å². The second-order valence-electron chi connectivity index (χ2n) is 4.17. The molecule has 0 amide bonds. The van der Waals surface area contributed by atoms with Crippen molar-refractivity contribution >= 4 is 21.6 Å². The number of nitrogens with zero attached hydrogens (tertiary/aromatic N) is 3. The first-order valence-electron chi connectivity index (χ1n) is 5.89. The Hall–Kier alpha value is -1.88. The third-order valence-corrected chi connectivity index (χ3v) is 3.67. The number of hydrogen-bond donors (Lipinski definition) is 0. The predicted octanol–water partition coefficient (Wildman–Crippen LogP) is 3.09. The summed E-state index contributed by atoms with van der Waals surface area (Å²) in [5.41, 5.74) is 1.96. The zero-order valence-electron chi connectivity index (χ0n) is 10.4. The van der Waals surface area contributed by atoms with Gasteiger partial charge in [0.05, 0.1) is 7.11 Å². The van der Waals surface area contributed by atoms with E-state index in [0.29, 0.717) is 6.42 Å². The molecule has 0 aliphatic heterocycles. The second-order valence-corrected chi connectivity index (χ2v) is 5.02. The van der Waals surface area contributed by atoms with Gasteiger partial charge in [0.15, 0.2) is 11.5 Å². The molecule has 0 aliphatic rings. The van der Waals surface area contributed by atoms with Crippen LogP contribution in [0.2, 0.25) is 0 Å². The lowest BCUT2D eigenvalue weighted by Gasteiger charge is -1.99. The number of benzene rings is 1. The molecule has 3 rings (SSSR count). The van der Waals surface area contributed by atoms with E-state index in [9.17, 15) is 0 Å². The van der Waals surface area contributed by atoms with Crippen LogP contribution >= 0.6 is 15.9 Å². The van der Waals surface area contributed by atoms with Crippen molar-refractivity contribution in [3.8, 4) is 5.75 Å². The quantitative estimate of drug-likeness (QED) is 0.745. The fourth-order valence-electron chi connectivity index (χ4n) is 1.92. The fourth-order valence-corrected chi connectivity index (χ4v) is 2.35. The Bertz CT molecular complexity index is 724. The highest BCUT2D eigenvalue weighted by Gasteiger charge is 2.07. The van der Waals surface area contributed by atoms with Gasteiger partial charge in [-0.3, -0.25) is 0 Å². The average Bonchev–Trinajstić information content (AvgIpc) is 2.82. The second kappa shape index (κ2) is 5.01. The molecule has 0 unspecified atom stereocenters. The van der Waals surface area contributed by atoms with Gasteiger partial charge in [0.25, 0.3) is 0 Å². The highest BCUT2D eigenvalue weighted by Crippen LogP contribution is 2.19. The van der Waals surface area contributed by atoms with Crippen LogP contribution < -0.4 is 4.74 Å². The molecule has 0 bridgehead atoms. The van der Waals surface area contributed by atoms with E-state index in [2.05, 4.69) is 32.1 Å². The van der Waals surface area contributed by atoms with E-state index in [0.717, 1.165) is 21.7 Å². The predicted molar refractivity (Wildman–Crippen MR) is 76.5 cm³/mol. The Labute approximate surface area is 119 Å². The number of methoxy groups -OCH3 is 1. The van der Waals surface area contributed by atoms with Gasteiger partial charge in [0, 0.05) is 23.2 Å². The minimum Gasteiger partial charge on any atom is -0.497 e. The molecule has 3 aromatic rings. The molecule has 5 heteroatoms. The monoisotopic (exact) mass is 317 g/mol. The van der Waals surface area contributed by atoms with Gasteiger partial charge < -0.3 is 4.74 Å². The molecule has 0 aliphatic carbocycles. The van der Waals surface area contributed by atoms with E-state index in [-0.39, 0.29) is 0 Å². The summed E-state index contributed by atoms with van der Waals surface area (Å²) in [7, 11) is 1.64. The summed E-state index contributed by atoms with van der Waals surface area (Å²) in [5.74, 6) is 1.58. The maximum atomic E-state index is 5.18. The van der Waals surface area contributed by atoms with Crippen LogP contribution in [0, 0.1) is 0 Å². The SMILES string of the molecule is COc1ccn2nc(Cc3ccccc3Br)nc2c1. The molecule has 0 spiro atoms. The molecule has 2 heterocycles. The molecule has 2 aromatic heterocycles.